The first-order valence-corrected chi connectivity index (χ1v) is 18.5. The Morgan fingerprint density at radius 1 is 0.424 bits per heavy atom. The van der Waals surface area contributed by atoms with E-state index >= 15 is 0 Å². The molecule has 6 aliphatic heterocycles. The Bertz CT molecular complexity index is 1350. The van der Waals surface area contributed by atoms with Gasteiger partial charge in [0.1, 0.15) is 110 Å². The first-order chi connectivity index (χ1) is 27.9. The zero-order valence-electron chi connectivity index (χ0n) is 31.0. The van der Waals surface area contributed by atoms with Crippen LogP contribution in [0.5, 0.6) is 0 Å². The number of aliphatic hydroxyl groups excluding tert-OH is 13. The van der Waals surface area contributed by atoms with E-state index < -0.39 is 193 Å². The second-order valence-corrected chi connectivity index (χ2v) is 14.8. The molecule has 342 valence electrons. The minimum atomic E-state index is -2.01. The van der Waals surface area contributed by atoms with Gasteiger partial charge in [0.2, 0.25) is 0 Å². The molecule has 0 aromatic carbocycles. The van der Waals surface area contributed by atoms with Gasteiger partial charge in [0.25, 0.3) is 0 Å². The van der Waals surface area contributed by atoms with Crippen molar-refractivity contribution in [3.63, 3.8) is 0 Å². The van der Waals surface area contributed by atoms with E-state index in [1.807, 2.05) is 0 Å². The fourth-order valence-corrected chi connectivity index (χ4v) is 7.20. The molecular formula is C32H52O27. The van der Waals surface area contributed by atoms with Gasteiger partial charge in [-0.25, -0.2) is 4.79 Å². The molecule has 6 fully saturated rings. The molecule has 0 spiro atoms. The number of rotatable bonds is 12. The monoisotopic (exact) mass is 868 g/mol. The fraction of sp³-hybridized carbons (Fsp3) is 0.969. The molecule has 6 rings (SSSR count). The van der Waals surface area contributed by atoms with Gasteiger partial charge in [0.05, 0.1) is 33.0 Å². The van der Waals surface area contributed by atoms with Crippen LogP contribution in [0.3, 0.4) is 0 Å². The summed E-state index contributed by atoms with van der Waals surface area (Å²) in [7, 11) is 1.06. The SMILES string of the molecule is CO[C@H]1[C@H](O)[C@@H](O)[C@@H](O[C@H]2[C@H](O[C@@H]3CO[C@@H](O[C@@H]4CO[C@@H](O[C@@H]5COC(O)[C@H](O)[C@H]5O)[C@H](O)[C@H]4O)[C@H](O)[C@H]3O)OC[C@@H](O[C@@H]3OC[C@@H](O)[C@H](O)[C@H]3O)[C@@H]2O)O[C@@H]1C(=O)O. The molecule has 25 atom stereocenters. The van der Waals surface area contributed by atoms with E-state index in [1.54, 1.807) is 0 Å². The third-order valence-electron chi connectivity index (χ3n) is 10.8. The van der Waals surface area contributed by atoms with Gasteiger partial charge in [0, 0.05) is 7.11 Å². The molecule has 27 nitrogen and oxygen atoms in total. The highest BCUT2D eigenvalue weighted by atomic mass is 16.8. The van der Waals surface area contributed by atoms with Crippen molar-refractivity contribution in [3.05, 3.63) is 0 Å². The first-order valence-electron chi connectivity index (χ1n) is 18.5. The van der Waals surface area contributed by atoms with Gasteiger partial charge in [-0.2, -0.15) is 0 Å². The molecule has 0 aromatic heterocycles. The van der Waals surface area contributed by atoms with Crippen LogP contribution in [-0.2, 0) is 61.6 Å². The summed E-state index contributed by atoms with van der Waals surface area (Å²) in [6.07, 6.45) is -42.9. The summed E-state index contributed by atoms with van der Waals surface area (Å²) >= 11 is 0. The fourth-order valence-electron chi connectivity index (χ4n) is 7.20. The Balaban J connectivity index is 1.10. The first kappa shape index (κ1) is 47.0. The van der Waals surface area contributed by atoms with E-state index in [-0.39, 0.29) is 0 Å². The number of carboxylic acids is 1. The van der Waals surface area contributed by atoms with E-state index in [4.69, 9.17) is 56.8 Å². The summed E-state index contributed by atoms with van der Waals surface area (Å²) < 4.78 is 65.5. The van der Waals surface area contributed by atoms with Crippen molar-refractivity contribution in [2.75, 3.05) is 40.1 Å². The molecule has 59 heavy (non-hydrogen) atoms. The van der Waals surface area contributed by atoms with Gasteiger partial charge in [-0.05, 0) is 0 Å². The number of ether oxygens (including phenoxy) is 12. The Morgan fingerprint density at radius 3 is 1.34 bits per heavy atom. The third-order valence-corrected chi connectivity index (χ3v) is 10.8. The Hall–Kier alpha value is -1.53. The predicted molar refractivity (Wildman–Crippen MR) is 174 cm³/mol. The van der Waals surface area contributed by atoms with Crippen LogP contribution < -0.4 is 0 Å². The van der Waals surface area contributed by atoms with Gasteiger partial charge >= 0.3 is 5.97 Å². The largest absolute Gasteiger partial charge is 0.479 e. The Kier molecular flexibility index (Phi) is 15.8. The lowest BCUT2D eigenvalue weighted by Crippen LogP contribution is -2.65. The molecule has 0 amide bonds. The summed E-state index contributed by atoms with van der Waals surface area (Å²) in [4.78, 5) is 11.9. The molecule has 0 aromatic rings. The average Bonchev–Trinajstić information content (AvgIpc) is 3.21. The van der Waals surface area contributed by atoms with Crippen LogP contribution in [0.25, 0.3) is 0 Å². The zero-order chi connectivity index (χ0) is 43.0. The molecule has 6 heterocycles. The molecule has 27 heteroatoms. The maximum absolute atomic E-state index is 11.9. The van der Waals surface area contributed by atoms with Crippen molar-refractivity contribution >= 4 is 5.97 Å². The Morgan fingerprint density at radius 2 is 0.831 bits per heavy atom. The molecule has 0 aliphatic carbocycles. The van der Waals surface area contributed by atoms with Crippen LogP contribution in [0.1, 0.15) is 0 Å². The lowest BCUT2D eigenvalue weighted by Gasteiger charge is -2.47. The minimum absolute atomic E-state index is 0.396. The van der Waals surface area contributed by atoms with Crippen LogP contribution in [0.4, 0.5) is 0 Å². The van der Waals surface area contributed by atoms with Crippen LogP contribution in [-0.4, -0.2) is 271 Å². The summed E-state index contributed by atoms with van der Waals surface area (Å²) in [6, 6.07) is 0. The third kappa shape index (κ3) is 10.00. The van der Waals surface area contributed by atoms with Crippen molar-refractivity contribution in [1.82, 2.24) is 0 Å². The van der Waals surface area contributed by atoms with Crippen LogP contribution >= 0.6 is 0 Å². The van der Waals surface area contributed by atoms with E-state index in [2.05, 4.69) is 0 Å². The smallest absolute Gasteiger partial charge is 0.335 e. The number of aliphatic hydroxyl groups is 13. The molecule has 14 N–H and O–H groups in total. The summed E-state index contributed by atoms with van der Waals surface area (Å²) in [5.41, 5.74) is 0. The van der Waals surface area contributed by atoms with Gasteiger partial charge in [-0.15, -0.1) is 0 Å². The molecule has 0 radical (unpaired) electrons. The molecule has 0 saturated carbocycles. The highest BCUT2D eigenvalue weighted by Crippen LogP contribution is 2.33. The number of methoxy groups -OCH3 is 1. The lowest BCUT2D eigenvalue weighted by atomic mass is 9.98. The zero-order valence-corrected chi connectivity index (χ0v) is 31.0. The average molecular weight is 869 g/mol. The molecule has 6 saturated heterocycles. The van der Waals surface area contributed by atoms with Crippen molar-refractivity contribution < 1.29 is 133 Å². The number of carboxylic acid groups (broad SMARTS) is 1. The van der Waals surface area contributed by atoms with E-state index in [1.165, 1.54) is 0 Å². The van der Waals surface area contributed by atoms with Crippen LogP contribution in [0, 0.1) is 0 Å². The van der Waals surface area contributed by atoms with Crippen molar-refractivity contribution in [2.45, 2.75) is 154 Å². The number of aliphatic carboxylic acids is 1. The van der Waals surface area contributed by atoms with Crippen LogP contribution in [0.2, 0.25) is 0 Å². The topological polar surface area (TPSA) is 411 Å². The van der Waals surface area contributed by atoms with Crippen molar-refractivity contribution in [2.24, 2.45) is 0 Å². The van der Waals surface area contributed by atoms with Crippen LogP contribution in [0.15, 0.2) is 0 Å². The number of hydrogen-bond acceptors (Lipinski definition) is 26. The van der Waals surface area contributed by atoms with Gasteiger partial charge < -0.3 is 128 Å². The quantitative estimate of drug-likeness (QED) is 0.0866. The van der Waals surface area contributed by atoms with E-state index in [9.17, 15) is 76.3 Å². The number of hydrogen-bond donors (Lipinski definition) is 14. The summed E-state index contributed by atoms with van der Waals surface area (Å²) in [5.74, 6) is -1.62. The molecular weight excluding hydrogens is 816 g/mol. The molecule has 1 unspecified atom stereocenters. The predicted octanol–water partition coefficient (Wildman–Crippen LogP) is -10.2. The second-order valence-electron chi connectivity index (χ2n) is 14.8. The molecule has 0 bridgehead atoms. The maximum atomic E-state index is 11.9. The summed E-state index contributed by atoms with van der Waals surface area (Å²) in [5, 5.41) is 146. The minimum Gasteiger partial charge on any atom is -0.479 e. The number of carbonyl (C=O) groups is 1. The highest BCUT2D eigenvalue weighted by Gasteiger charge is 2.54. The van der Waals surface area contributed by atoms with E-state index in [0.29, 0.717) is 0 Å². The second kappa shape index (κ2) is 19.9. The summed E-state index contributed by atoms with van der Waals surface area (Å²) in [6.45, 7) is -2.51. The Labute approximate surface area is 333 Å². The highest BCUT2D eigenvalue weighted by molar-refractivity contribution is 5.73. The van der Waals surface area contributed by atoms with Gasteiger partial charge in [-0.3, -0.25) is 0 Å². The normalized spacial score (nSPS) is 52.5. The van der Waals surface area contributed by atoms with Gasteiger partial charge in [-0.1, -0.05) is 0 Å². The molecule has 6 aliphatic rings. The van der Waals surface area contributed by atoms with Gasteiger partial charge in [0.15, 0.2) is 43.8 Å². The lowest BCUT2D eigenvalue weighted by molar-refractivity contribution is -0.383. The standard InChI is InChI=1S/C32H52O27/c1-48-23-17(39)22(44)31(59-25(23)26(45)46)58-24-16(38)11(56-28-19(41)12(34)7(33)2-50-28)6-53-32(24)57-10-5-52-30(21(43)15(10)37)55-9-4-51-29(20(42)14(9)36)54-8-3-49-27(47)18(40)13(8)35/h7-25,27-44,47H,2-6H2,1H3,(H,45,46)/t7-,8-,9-,10-,11-,12+,13+,14+,15+,16+,17-,18-,19-,20-,21-,22-,23+,24-,25+,27?,28+,29+,30+,31+,32+/m1/s1. The van der Waals surface area contributed by atoms with Crippen molar-refractivity contribution in [1.29, 1.82) is 0 Å². The maximum Gasteiger partial charge on any atom is 0.335 e. The van der Waals surface area contributed by atoms with E-state index in [0.717, 1.165) is 7.11 Å². The van der Waals surface area contributed by atoms with Crippen molar-refractivity contribution in [3.8, 4) is 0 Å².